The standard InChI is InChI=1S/C34H31N5O3S/c1-5-8-23-13-16-29(30(19-23)41-4)42-18-17-38-22(3)26(25-9-6-7-10-28(25)38)20-27-31(35)39-34(36-32(27)40)43-33(37-39)24-14-11-21(2)12-15-24/h5-7,9-16,19-20,35H,1,8,17-18H2,2-4H3/b27-20-,35-31?. The third-order valence-electron chi connectivity index (χ3n) is 7.50. The molecular weight excluding hydrogens is 558 g/mol. The molecule has 1 aromatic heterocycles. The predicted octanol–water partition coefficient (Wildman–Crippen LogP) is 6.74. The Bertz CT molecular complexity index is 1870. The fourth-order valence-corrected chi connectivity index (χ4v) is 6.15. The Hall–Kier alpha value is -4.89. The molecule has 6 rings (SSSR count). The first-order valence-corrected chi connectivity index (χ1v) is 14.7. The summed E-state index contributed by atoms with van der Waals surface area (Å²) in [5.41, 5.74) is 6.21. The van der Waals surface area contributed by atoms with Crippen molar-refractivity contribution < 1.29 is 14.3 Å². The van der Waals surface area contributed by atoms with Gasteiger partial charge in [0.05, 0.1) is 19.2 Å². The summed E-state index contributed by atoms with van der Waals surface area (Å²) >= 11 is 1.30. The van der Waals surface area contributed by atoms with Crippen LogP contribution in [-0.2, 0) is 17.8 Å². The molecule has 1 N–H and O–H groups in total. The number of carbonyl (C=O) groups excluding carboxylic acids is 1. The summed E-state index contributed by atoms with van der Waals surface area (Å²) in [5.74, 6) is 0.920. The van der Waals surface area contributed by atoms with E-state index in [0.717, 1.165) is 45.3 Å². The molecule has 8 nitrogen and oxygen atoms in total. The molecule has 4 aromatic rings. The van der Waals surface area contributed by atoms with Crippen molar-refractivity contribution in [3.8, 4) is 11.5 Å². The largest absolute Gasteiger partial charge is 0.493 e. The summed E-state index contributed by atoms with van der Waals surface area (Å²) in [5, 5.41) is 17.1. The lowest BCUT2D eigenvalue weighted by Gasteiger charge is -2.20. The van der Waals surface area contributed by atoms with Gasteiger partial charge in [-0.25, -0.2) is 0 Å². The van der Waals surface area contributed by atoms with E-state index in [1.54, 1.807) is 13.2 Å². The molecule has 0 aliphatic carbocycles. The number of thioether (sulfide) groups is 1. The molecular formula is C34H31N5O3S. The van der Waals surface area contributed by atoms with Crippen molar-refractivity contribution in [2.45, 2.75) is 26.8 Å². The molecule has 0 radical (unpaired) electrons. The van der Waals surface area contributed by atoms with E-state index in [1.807, 2.05) is 80.6 Å². The van der Waals surface area contributed by atoms with Crippen LogP contribution < -0.4 is 9.47 Å². The number of nitrogens with zero attached hydrogens (tertiary/aromatic N) is 4. The van der Waals surface area contributed by atoms with Gasteiger partial charge in [0.15, 0.2) is 17.3 Å². The lowest BCUT2D eigenvalue weighted by atomic mass is 10.1. The van der Waals surface area contributed by atoms with Gasteiger partial charge in [0.2, 0.25) is 5.17 Å². The SMILES string of the molecule is C=CCc1ccc(OCCn2c(C)c(/C=C3/C(=N)N4N=C(c5ccc(C)cc5)SC4=NC3=O)c3ccccc32)c(OC)c1. The van der Waals surface area contributed by atoms with E-state index >= 15 is 0 Å². The molecule has 43 heavy (non-hydrogen) atoms. The molecule has 216 valence electrons. The van der Waals surface area contributed by atoms with Crippen LogP contribution in [-0.4, -0.2) is 45.2 Å². The number of hydrogen-bond donors (Lipinski definition) is 1. The number of hydrogen-bond acceptors (Lipinski definition) is 6. The molecule has 2 aliphatic heterocycles. The number of amidine groups is 2. The van der Waals surface area contributed by atoms with Gasteiger partial charge in [0.25, 0.3) is 5.91 Å². The van der Waals surface area contributed by atoms with Gasteiger partial charge in [-0.1, -0.05) is 60.2 Å². The molecule has 0 atom stereocenters. The first-order chi connectivity index (χ1) is 20.9. The average Bonchev–Trinajstić information content (AvgIpc) is 3.55. The number of nitrogens with one attached hydrogen (secondary N) is 1. The lowest BCUT2D eigenvalue weighted by Crippen LogP contribution is -2.35. The number of para-hydroxylation sites is 1. The van der Waals surface area contributed by atoms with Crippen LogP contribution in [0.2, 0.25) is 0 Å². The number of aliphatic imine (C=N–C) groups is 1. The number of fused-ring (bicyclic) bond motifs is 2. The van der Waals surface area contributed by atoms with Crippen LogP contribution >= 0.6 is 11.8 Å². The van der Waals surface area contributed by atoms with Crippen LogP contribution in [0.4, 0.5) is 0 Å². The third-order valence-corrected chi connectivity index (χ3v) is 8.46. The van der Waals surface area contributed by atoms with Gasteiger partial charge in [-0.05, 0) is 61.9 Å². The number of methoxy groups -OCH3 is 1. The molecule has 2 aliphatic rings. The highest BCUT2D eigenvalue weighted by atomic mass is 32.2. The lowest BCUT2D eigenvalue weighted by molar-refractivity contribution is -0.114. The molecule has 0 unspecified atom stereocenters. The normalized spacial score (nSPS) is 15.5. The highest BCUT2D eigenvalue weighted by Crippen LogP contribution is 2.34. The van der Waals surface area contributed by atoms with Crippen LogP contribution in [0.5, 0.6) is 11.5 Å². The first-order valence-electron chi connectivity index (χ1n) is 13.9. The molecule has 0 fully saturated rings. The Morgan fingerprint density at radius 2 is 1.84 bits per heavy atom. The Labute approximate surface area is 254 Å². The minimum atomic E-state index is -0.448. The zero-order valence-electron chi connectivity index (χ0n) is 24.3. The molecule has 3 aromatic carbocycles. The maximum absolute atomic E-state index is 13.2. The second-order valence-corrected chi connectivity index (χ2v) is 11.2. The van der Waals surface area contributed by atoms with Crippen molar-refractivity contribution >= 4 is 50.7 Å². The van der Waals surface area contributed by atoms with Crippen LogP contribution in [0, 0.1) is 19.3 Å². The average molecular weight is 590 g/mol. The maximum Gasteiger partial charge on any atom is 0.283 e. The van der Waals surface area contributed by atoms with Crippen molar-refractivity contribution in [2.24, 2.45) is 10.1 Å². The summed E-state index contributed by atoms with van der Waals surface area (Å²) in [4.78, 5) is 17.5. The number of benzene rings is 3. The van der Waals surface area contributed by atoms with Gasteiger partial charge in [-0.15, -0.1) is 6.58 Å². The maximum atomic E-state index is 13.2. The molecule has 1 amide bonds. The van der Waals surface area contributed by atoms with E-state index in [4.69, 9.17) is 14.9 Å². The Balaban J connectivity index is 1.28. The number of allylic oxidation sites excluding steroid dienone is 1. The number of hydrazone groups is 1. The quantitative estimate of drug-likeness (QED) is 0.172. The van der Waals surface area contributed by atoms with Crippen molar-refractivity contribution in [1.82, 2.24) is 9.58 Å². The minimum absolute atomic E-state index is 0.0103. The number of ether oxygens (including phenoxy) is 2. The predicted molar refractivity (Wildman–Crippen MR) is 174 cm³/mol. The molecule has 0 saturated carbocycles. The first kappa shape index (κ1) is 28.2. The number of aromatic nitrogens is 1. The van der Waals surface area contributed by atoms with E-state index in [9.17, 15) is 4.79 Å². The van der Waals surface area contributed by atoms with E-state index in [0.29, 0.717) is 34.9 Å². The highest BCUT2D eigenvalue weighted by Gasteiger charge is 2.36. The molecule has 0 saturated heterocycles. The zero-order chi connectivity index (χ0) is 30.1. The second-order valence-electron chi connectivity index (χ2n) is 10.3. The summed E-state index contributed by atoms with van der Waals surface area (Å²) in [6.45, 7) is 8.84. The monoisotopic (exact) mass is 589 g/mol. The number of carbonyl (C=O) groups is 1. The van der Waals surface area contributed by atoms with Crippen LogP contribution in [0.3, 0.4) is 0 Å². The Morgan fingerprint density at radius 3 is 2.60 bits per heavy atom. The van der Waals surface area contributed by atoms with E-state index in [-0.39, 0.29) is 11.4 Å². The molecule has 0 bridgehead atoms. The molecule has 9 heteroatoms. The zero-order valence-corrected chi connectivity index (χ0v) is 25.1. The Morgan fingerprint density at radius 1 is 1.05 bits per heavy atom. The van der Waals surface area contributed by atoms with Crippen molar-refractivity contribution in [2.75, 3.05) is 13.7 Å². The van der Waals surface area contributed by atoms with Gasteiger partial charge in [-0.2, -0.15) is 15.1 Å². The van der Waals surface area contributed by atoms with Gasteiger partial charge in [0, 0.05) is 27.7 Å². The summed E-state index contributed by atoms with van der Waals surface area (Å²) < 4.78 is 13.9. The molecule has 0 spiro atoms. The highest BCUT2D eigenvalue weighted by molar-refractivity contribution is 8.27. The topological polar surface area (TPSA) is 92.3 Å². The smallest absolute Gasteiger partial charge is 0.283 e. The number of amides is 1. The van der Waals surface area contributed by atoms with Gasteiger partial charge in [0.1, 0.15) is 11.7 Å². The fourth-order valence-electron chi connectivity index (χ4n) is 5.25. The minimum Gasteiger partial charge on any atom is -0.493 e. The molecule has 3 heterocycles. The Kier molecular flexibility index (Phi) is 7.73. The van der Waals surface area contributed by atoms with Crippen molar-refractivity contribution in [1.29, 1.82) is 5.41 Å². The van der Waals surface area contributed by atoms with Gasteiger partial charge >= 0.3 is 0 Å². The van der Waals surface area contributed by atoms with Crippen molar-refractivity contribution in [3.63, 3.8) is 0 Å². The van der Waals surface area contributed by atoms with Crippen LogP contribution in [0.15, 0.2) is 95.1 Å². The third kappa shape index (κ3) is 5.39. The van der Waals surface area contributed by atoms with Crippen molar-refractivity contribution in [3.05, 3.63) is 113 Å². The van der Waals surface area contributed by atoms with Gasteiger partial charge < -0.3 is 14.0 Å². The number of aryl methyl sites for hydroxylation is 1. The number of rotatable bonds is 9. The van der Waals surface area contributed by atoms with E-state index in [2.05, 4.69) is 27.3 Å². The van der Waals surface area contributed by atoms with Gasteiger partial charge in [-0.3, -0.25) is 10.2 Å². The second kappa shape index (κ2) is 11.8. The van der Waals surface area contributed by atoms with E-state index < -0.39 is 5.91 Å². The van der Waals surface area contributed by atoms with E-state index in [1.165, 1.54) is 16.8 Å². The van der Waals surface area contributed by atoms with Crippen LogP contribution in [0.25, 0.3) is 17.0 Å². The summed E-state index contributed by atoms with van der Waals surface area (Å²) in [7, 11) is 1.63. The summed E-state index contributed by atoms with van der Waals surface area (Å²) in [6.07, 6.45) is 4.38. The fraction of sp³-hybridized carbons (Fsp3) is 0.176. The summed E-state index contributed by atoms with van der Waals surface area (Å²) in [6, 6.07) is 21.9. The van der Waals surface area contributed by atoms with Crippen LogP contribution in [0.1, 0.15) is 27.9 Å².